The molecule has 1 saturated heterocycles. The number of hydrogen-bond acceptors (Lipinski definition) is 2. The highest BCUT2D eigenvalue weighted by molar-refractivity contribution is 6.03. The minimum Gasteiger partial charge on any atom is -0.285 e. The van der Waals surface area contributed by atoms with Gasteiger partial charge in [-0.1, -0.05) is 140 Å². The lowest BCUT2D eigenvalue weighted by Crippen LogP contribution is -2.53. The molecule has 3 heteroatoms. The van der Waals surface area contributed by atoms with Gasteiger partial charge in [-0.2, -0.15) is 0 Å². The van der Waals surface area contributed by atoms with Crippen molar-refractivity contribution >= 4 is 16.8 Å². The molecule has 0 spiro atoms. The minimum absolute atomic E-state index is 0.119. The monoisotopic (exact) mass is 532 g/mol. The van der Waals surface area contributed by atoms with Gasteiger partial charge >= 0.3 is 0 Å². The topological polar surface area (TPSA) is 25.2 Å². The van der Waals surface area contributed by atoms with Crippen LogP contribution in [0.25, 0.3) is 22.0 Å². The Hall–Kier alpha value is -4.73. The SMILES string of the molecule is O=C([C@@H]1CCCN1C(c1ccccc1)(c1ccccc1)c1ccccc1)n1cc(-c2ccccc2)c2ccccc21. The summed E-state index contributed by atoms with van der Waals surface area (Å²) in [6, 6.07) is 50.4. The van der Waals surface area contributed by atoms with E-state index in [2.05, 4.69) is 138 Å². The summed E-state index contributed by atoms with van der Waals surface area (Å²) >= 11 is 0. The summed E-state index contributed by atoms with van der Waals surface area (Å²) in [6.45, 7) is 0.819. The molecular formula is C38H32N2O. The quantitative estimate of drug-likeness (QED) is 0.201. The smallest absolute Gasteiger partial charge is 0.248 e. The summed E-state index contributed by atoms with van der Waals surface area (Å²) in [6.07, 6.45) is 3.81. The zero-order chi connectivity index (χ0) is 27.6. The predicted octanol–water partition coefficient (Wildman–Crippen LogP) is 8.41. The molecule has 6 aromatic rings. The van der Waals surface area contributed by atoms with E-state index in [0.717, 1.165) is 41.4 Å². The Bertz CT molecular complexity index is 1680. The van der Waals surface area contributed by atoms with Gasteiger partial charge in [0.1, 0.15) is 0 Å². The van der Waals surface area contributed by atoms with E-state index < -0.39 is 5.54 Å². The van der Waals surface area contributed by atoms with Crippen LogP contribution in [0, 0.1) is 0 Å². The second-order valence-electron chi connectivity index (χ2n) is 10.8. The number of hydrogen-bond donors (Lipinski definition) is 0. The molecule has 41 heavy (non-hydrogen) atoms. The van der Waals surface area contributed by atoms with E-state index in [1.165, 1.54) is 16.7 Å². The number of carbonyl (C=O) groups excluding carboxylic acids is 1. The fourth-order valence-electron chi connectivity index (χ4n) is 6.83. The van der Waals surface area contributed by atoms with E-state index in [1.54, 1.807) is 0 Å². The van der Waals surface area contributed by atoms with Crippen molar-refractivity contribution in [2.45, 2.75) is 24.4 Å². The van der Waals surface area contributed by atoms with Crippen LogP contribution in [0.5, 0.6) is 0 Å². The molecule has 0 N–H and O–H groups in total. The van der Waals surface area contributed by atoms with E-state index in [1.807, 2.05) is 22.9 Å². The van der Waals surface area contributed by atoms with Gasteiger partial charge < -0.3 is 0 Å². The molecule has 1 atom stereocenters. The van der Waals surface area contributed by atoms with Crippen molar-refractivity contribution in [3.63, 3.8) is 0 Å². The Balaban J connectivity index is 1.42. The number of benzene rings is 5. The van der Waals surface area contributed by atoms with E-state index in [0.29, 0.717) is 0 Å². The first kappa shape index (κ1) is 25.3. The molecule has 7 rings (SSSR count). The van der Waals surface area contributed by atoms with Gasteiger partial charge in [0.15, 0.2) is 0 Å². The van der Waals surface area contributed by atoms with Crippen molar-refractivity contribution in [2.75, 3.05) is 6.54 Å². The van der Waals surface area contributed by atoms with Gasteiger partial charge in [0.25, 0.3) is 0 Å². The Morgan fingerprint density at radius 3 is 1.66 bits per heavy atom. The molecule has 0 radical (unpaired) electrons. The number of aromatic nitrogens is 1. The van der Waals surface area contributed by atoms with Crippen LogP contribution < -0.4 is 0 Å². The standard InChI is InChI=1S/C38H32N2O/c41-37(39-28-34(29-16-5-1-6-17-29)33-24-13-14-25-35(33)39)36-26-15-27-40(36)38(30-18-7-2-8-19-30,31-20-9-3-10-21-31)32-22-11-4-12-23-32/h1-14,16-25,28,36H,15,26-27H2/t36-/m0/s1. The molecule has 1 aliphatic rings. The number of para-hydroxylation sites is 1. The largest absolute Gasteiger partial charge is 0.285 e. The lowest BCUT2D eigenvalue weighted by Gasteiger charge is -2.46. The van der Waals surface area contributed by atoms with Crippen LogP contribution in [0.1, 0.15) is 34.3 Å². The Kier molecular flexibility index (Phi) is 6.58. The molecule has 2 heterocycles. The van der Waals surface area contributed by atoms with Crippen molar-refractivity contribution in [2.24, 2.45) is 0 Å². The van der Waals surface area contributed by atoms with Gasteiger partial charge in [0.2, 0.25) is 5.91 Å². The van der Waals surface area contributed by atoms with Crippen LogP contribution in [0.3, 0.4) is 0 Å². The molecule has 1 fully saturated rings. The highest BCUT2D eigenvalue weighted by atomic mass is 16.2. The number of rotatable bonds is 6. The molecule has 0 bridgehead atoms. The number of nitrogens with zero attached hydrogens (tertiary/aromatic N) is 2. The van der Waals surface area contributed by atoms with E-state index in [9.17, 15) is 4.79 Å². The van der Waals surface area contributed by atoms with Gasteiger partial charge in [-0.05, 0) is 41.2 Å². The maximum atomic E-state index is 14.8. The first-order valence-corrected chi connectivity index (χ1v) is 14.4. The van der Waals surface area contributed by atoms with Gasteiger partial charge in [0, 0.05) is 23.7 Å². The molecule has 0 unspecified atom stereocenters. The lowest BCUT2D eigenvalue weighted by atomic mass is 9.75. The summed E-state index contributed by atoms with van der Waals surface area (Å²) in [5, 5.41) is 1.09. The first-order chi connectivity index (χ1) is 20.3. The number of likely N-dealkylation sites (tertiary alicyclic amines) is 1. The van der Waals surface area contributed by atoms with Gasteiger partial charge in [-0.25, -0.2) is 0 Å². The summed E-state index contributed by atoms with van der Waals surface area (Å²) in [4.78, 5) is 17.2. The van der Waals surface area contributed by atoms with Crippen molar-refractivity contribution in [3.8, 4) is 11.1 Å². The fraction of sp³-hybridized carbons (Fsp3) is 0.132. The fourth-order valence-corrected chi connectivity index (χ4v) is 6.83. The van der Waals surface area contributed by atoms with Crippen LogP contribution in [-0.2, 0) is 5.54 Å². The van der Waals surface area contributed by atoms with Crippen LogP contribution in [0.15, 0.2) is 152 Å². The molecule has 1 aromatic heterocycles. The van der Waals surface area contributed by atoms with Crippen LogP contribution >= 0.6 is 0 Å². The van der Waals surface area contributed by atoms with Crippen LogP contribution in [-0.4, -0.2) is 28.0 Å². The van der Waals surface area contributed by atoms with Crippen molar-refractivity contribution in [1.29, 1.82) is 0 Å². The summed E-state index contributed by atoms with van der Waals surface area (Å²) in [7, 11) is 0. The molecular weight excluding hydrogens is 500 g/mol. The van der Waals surface area contributed by atoms with Crippen molar-refractivity contribution in [3.05, 3.63) is 168 Å². The highest BCUT2D eigenvalue weighted by Crippen LogP contribution is 2.46. The molecule has 200 valence electrons. The average Bonchev–Trinajstić information content (AvgIpc) is 3.70. The summed E-state index contributed by atoms with van der Waals surface area (Å²) < 4.78 is 1.91. The van der Waals surface area contributed by atoms with Crippen LogP contribution in [0.2, 0.25) is 0 Å². The molecule has 0 amide bonds. The summed E-state index contributed by atoms with van der Waals surface area (Å²) in [5.41, 5.74) is 6.03. The van der Waals surface area contributed by atoms with E-state index in [4.69, 9.17) is 0 Å². The number of carbonyl (C=O) groups is 1. The third kappa shape index (κ3) is 4.21. The van der Waals surface area contributed by atoms with Gasteiger partial charge in [-0.15, -0.1) is 0 Å². The zero-order valence-corrected chi connectivity index (χ0v) is 22.9. The number of fused-ring (bicyclic) bond motifs is 1. The Morgan fingerprint density at radius 1 is 0.610 bits per heavy atom. The normalized spacial score (nSPS) is 15.8. The zero-order valence-electron chi connectivity index (χ0n) is 22.9. The van der Waals surface area contributed by atoms with Gasteiger partial charge in [0.05, 0.1) is 17.1 Å². The minimum atomic E-state index is -0.619. The molecule has 0 aliphatic carbocycles. The third-order valence-electron chi connectivity index (χ3n) is 8.58. The third-order valence-corrected chi connectivity index (χ3v) is 8.58. The molecule has 3 nitrogen and oxygen atoms in total. The van der Waals surface area contributed by atoms with E-state index >= 15 is 0 Å². The van der Waals surface area contributed by atoms with Crippen LogP contribution in [0.4, 0.5) is 0 Å². The second-order valence-corrected chi connectivity index (χ2v) is 10.8. The first-order valence-electron chi connectivity index (χ1n) is 14.4. The summed E-state index contributed by atoms with van der Waals surface area (Å²) in [5.74, 6) is 0.119. The maximum absolute atomic E-state index is 14.8. The predicted molar refractivity (Wildman–Crippen MR) is 167 cm³/mol. The maximum Gasteiger partial charge on any atom is 0.248 e. The average molecular weight is 533 g/mol. The molecule has 5 aromatic carbocycles. The van der Waals surface area contributed by atoms with Gasteiger partial charge in [-0.3, -0.25) is 14.3 Å². The van der Waals surface area contributed by atoms with Crippen molar-refractivity contribution < 1.29 is 4.79 Å². The highest BCUT2D eigenvalue weighted by Gasteiger charge is 2.49. The van der Waals surface area contributed by atoms with E-state index in [-0.39, 0.29) is 11.9 Å². The lowest BCUT2D eigenvalue weighted by molar-refractivity contribution is 0.0679. The molecule has 0 saturated carbocycles. The Morgan fingerprint density at radius 2 is 1.10 bits per heavy atom. The Labute approximate surface area is 241 Å². The van der Waals surface area contributed by atoms with Crippen molar-refractivity contribution in [1.82, 2.24) is 9.47 Å². The second kappa shape index (κ2) is 10.7. The molecule has 1 aliphatic heterocycles.